The van der Waals surface area contributed by atoms with E-state index in [1.54, 1.807) is 6.33 Å². The summed E-state index contributed by atoms with van der Waals surface area (Å²) < 4.78 is 2.03. The highest BCUT2D eigenvalue weighted by Crippen LogP contribution is 2.34. The van der Waals surface area contributed by atoms with Crippen LogP contribution in [0.5, 0.6) is 0 Å². The first-order valence-electron chi connectivity index (χ1n) is 6.28. The maximum absolute atomic E-state index is 4.35. The van der Waals surface area contributed by atoms with Crippen LogP contribution in [0.3, 0.4) is 0 Å². The molecule has 1 aliphatic carbocycles. The molecule has 4 nitrogen and oxygen atoms in total. The Morgan fingerprint density at radius 3 is 2.81 bits per heavy atom. The van der Waals surface area contributed by atoms with E-state index in [1.165, 1.54) is 19.3 Å². The van der Waals surface area contributed by atoms with Crippen LogP contribution in [0, 0.1) is 5.92 Å². The SMILES string of the molecule is CNC(CCc1ncnn1C(C)C)C1CC1. The van der Waals surface area contributed by atoms with Crippen LogP contribution < -0.4 is 5.32 Å². The van der Waals surface area contributed by atoms with E-state index < -0.39 is 0 Å². The Hall–Kier alpha value is -0.900. The summed E-state index contributed by atoms with van der Waals surface area (Å²) >= 11 is 0. The molecule has 0 saturated heterocycles. The summed E-state index contributed by atoms with van der Waals surface area (Å²) in [4.78, 5) is 4.35. The van der Waals surface area contributed by atoms with Crippen LogP contribution in [0.25, 0.3) is 0 Å². The molecule has 0 aromatic carbocycles. The zero-order valence-electron chi connectivity index (χ0n) is 10.5. The third kappa shape index (κ3) is 2.61. The average molecular weight is 222 g/mol. The van der Waals surface area contributed by atoms with E-state index in [-0.39, 0.29) is 0 Å². The van der Waals surface area contributed by atoms with Crippen molar-refractivity contribution in [1.29, 1.82) is 0 Å². The highest BCUT2D eigenvalue weighted by atomic mass is 15.3. The van der Waals surface area contributed by atoms with E-state index >= 15 is 0 Å². The molecule has 1 unspecified atom stereocenters. The lowest BCUT2D eigenvalue weighted by Gasteiger charge is -2.15. The molecule has 16 heavy (non-hydrogen) atoms. The first-order chi connectivity index (χ1) is 7.72. The lowest BCUT2D eigenvalue weighted by atomic mass is 10.1. The van der Waals surface area contributed by atoms with Crippen LogP contribution in [-0.2, 0) is 6.42 Å². The Bertz CT molecular complexity index is 328. The molecule has 1 N–H and O–H groups in total. The van der Waals surface area contributed by atoms with E-state index in [0.717, 1.165) is 18.2 Å². The van der Waals surface area contributed by atoms with E-state index in [1.807, 2.05) is 4.68 Å². The normalized spacial score (nSPS) is 18.0. The van der Waals surface area contributed by atoms with Crippen LogP contribution in [0.15, 0.2) is 6.33 Å². The van der Waals surface area contributed by atoms with Crippen molar-refractivity contribution in [1.82, 2.24) is 20.1 Å². The van der Waals surface area contributed by atoms with Gasteiger partial charge in [0, 0.05) is 18.5 Å². The van der Waals surface area contributed by atoms with E-state index in [0.29, 0.717) is 12.1 Å². The molecular formula is C12H22N4. The average Bonchev–Trinajstić information content (AvgIpc) is 2.97. The van der Waals surface area contributed by atoms with Gasteiger partial charge in [-0.15, -0.1) is 0 Å². The van der Waals surface area contributed by atoms with Gasteiger partial charge in [-0.3, -0.25) is 0 Å². The first-order valence-corrected chi connectivity index (χ1v) is 6.28. The quantitative estimate of drug-likeness (QED) is 0.798. The van der Waals surface area contributed by atoms with E-state index in [2.05, 4.69) is 36.3 Å². The van der Waals surface area contributed by atoms with Crippen molar-refractivity contribution < 1.29 is 0 Å². The van der Waals surface area contributed by atoms with Crippen LogP contribution in [0.4, 0.5) is 0 Å². The Balaban J connectivity index is 1.90. The number of hydrogen-bond acceptors (Lipinski definition) is 3. The van der Waals surface area contributed by atoms with Gasteiger partial charge >= 0.3 is 0 Å². The fraction of sp³-hybridized carbons (Fsp3) is 0.833. The highest BCUT2D eigenvalue weighted by molar-refractivity contribution is 4.92. The second-order valence-corrected chi connectivity index (χ2v) is 4.99. The van der Waals surface area contributed by atoms with Gasteiger partial charge in [0.2, 0.25) is 0 Å². The summed E-state index contributed by atoms with van der Waals surface area (Å²) in [7, 11) is 2.07. The largest absolute Gasteiger partial charge is 0.317 e. The van der Waals surface area contributed by atoms with Crippen LogP contribution in [-0.4, -0.2) is 27.9 Å². The van der Waals surface area contributed by atoms with Crippen molar-refractivity contribution in [3.05, 3.63) is 12.2 Å². The van der Waals surface area contributed by atoms with Crippen molar-refractivity contribution in [3.8, 4) is 0 Å². The van der Waals surface area contributed by atoms with Crippen LogP contribution in [0.1, 0.15) is 45.0 Å². The summed E-state index contributed by atoms with van der Waals surface area (Å²) in [6.07, 6.45) is 6.65. The minimum atomic E-state index is 0.409. The Morgan fingerprint density at radius 2 is 2.25 bits per heavy atom. The predicted octanol–water partition coefficient (Wildman–Crippen LogP) is 1.79. The van der Waals surface area contributed by atoms with Gasteiger partial charge < -0.3 is 5.32 Å². The topological polar surface area (TPSA) is 42.7 Å². The standard InChI is InChI=1S/C12H22N4/c1-9(2)16-12(14-8-15-16)7-6-11(13-3)10-4-5-10/h8-11,13H,4-7H2,1-3H3. The summed E-state index contributed by atoms with van der Waals surface area (Å²) in [6.45, 7) is 4.29. The van der Waals surface area contributed by atoms with Gasteiger partial charge in [0.15, 0.2) is 0 Å². The first kappa shape index (κ1) is 11.6. The minimum Gasteiger partial charge on any atom is -0.317 e. The number of nitrogens with one attached hydrogen (secondary N) is 1. The molecule has 1 atom stereocenters. The Labute approximate surface area is 97.5 Å². The molecule has 0 spiro atoms. The molecule has 90 valence electrons. The van der Waals surface area contributed by atoms with Gasteiger partial charge in [-0.1, -0.05) is 0 Å². The monoisotopic (exact) mass is 222 g/mol. The van der Waals surface area contributed by atoms with Crippen molar-refractivity contribution >= 4 is 0 Å². The predicted molar refractivity (Wildman–Crippen MR) is 64.3 cm³/mol. The van der Waals surface area contributed by atoms with Crippen LogP contribution in [0.2, 0.25) is 0 Å². The molecule has 1 aromatic rings. The molecule has 1 saturated carbocycles. The zero-order valence-corrected chi connectivity index (χ0v) is 10.5. The lowest BCUT2D eigenvalue weighted by Crippen LogP contribution is -2.28. The Morgan fingerprint density at radius 1 is 1.50 bits per heavy atom. The number of rotatable bonds is 6. The van der Waals surface area contributed by atoms with E-state index in [4.69, 9.17) is 0 Å². The number of aromatic nitrogens is 3. The summed E-state index contributed by atoms with van der Waals surface area (Å²) in [5, 5.41) is 7.68. The highest BCUT2D eigenvalue weighted by Gasteiger charge is 2.29. The number of aryl methyl sites for hydroxylation is 1. The maximum atomic E-state index is 4.35. The van der Waals surface area contributed by atoms with Crippen molar-refractivity contribution in [3.63, 3.8) is 0 Å². The van der Waals surface area contributed by atoms with E-state index in [9.17, 15) is 0 Å². The molecule has 1 aromatic heterocycles. The second-order valence-electron chi connectivity index (χ2n) is 4.99. The Kier molecular flexibility index (Phi) is 3.59. The molecule has 1 fully saturated rings. The van der Waals surface area contributed by atoms with Gasteiger partial charge in [0.1, 0.15) is 12.2 Å². The summed E-state index contributed by atoms with van der Waals surface area (Å²) in [6, 6.07) is 1.07. The summed E-state index contributed by atoms with van der Waals surface area (Å²) in [5.74, 6) is 2.02. The molecule has 1 heterocycles. The number of hydrogen-bond donors (Lipinski definition) is 1. The molecular weight excluding hydrogens is 200 g/mol. The third-order valence-corrected chi connectivity index (χ3v) is 3.38. The molecule has 0 bridgehead atoms. The van der Waals surface area contributed by atoms with Crippen molar-refractivity contribution in [2.75, 3.05) is 7.05 Å². The zero-order chi connectivity index (χ0) is 11.5. The molecule has 0 aliphatic heterocycles. The van der Waals surface area contributed by atoms with Gasteiger partial charge in [0.05, 0.1) is 0 Å². The van der Waals surface area contributed by atoms with Crippen LogP contribution >= 0.6 is 0 Å². The fourth-order valence-corrected chi connectivity index (χ4v) is 2.28. The fourth-order valence-electron chi connectivity index (χ4n) is 2.28. The van der Waals surface area contributed by atoms with Gasteiger partial charge in [-0.2, -0.15) is 5.10 Å². The molecule has 4 heteroatoms. The number of nitrogens with zero attached hydrogens (tertiary/aromatic N) is 3. The lowest BCUT2D eigenvalue weighted by molar-refractivity contribution is 0.445. The molecule has 1 aliphatic rings. The van der Waals surface area contributed by atoms with Crippen molar-refractivity contribution in [2.45, 2.75) is 51.6 Å². The van der Waals surface area contributed by atoms with Gasteiger partial charge in [-0.05, 0) is 46.1 Å². The third-order valence-electron chi connectivity index (χ3n) is 3.38. The molecule has 2 rings (SSSR count). The second kappa shape index (κ2) is 4.95. The molecule has 0 amide bonds. The van der Waals surface area contributed by atoms with Crippen molar-refractivity contribution in [2.24, 2.45) is 5.92 Å². The minimum absolute atomic E-state index is 0.409. The van der Waals surface area contributed by atoms with Gasteiger partial charge in [-0.25, -0.2) is 9.67 Å². The molecule has 0 radical (unpaired) electrons. The van der Waals surface area contributed by atoms with Gasteiger partial charge in [0.25, 0.3) is 0 Å². The smallest absolute Gasteiger partial charge is 0.138 e. The maximum Gasteiger partial charge on any atom is 0.138 e. The summed E-state index contributed by atoms with van der Waals surface area (Å²) in [5.41, 5.74) is 0.